The van der Waals surface area contributed by atoms with Gasteiger partial charge in [0.05, 0.1) is 6.54 Å². The molecule has 0 aliphatic heterocycles. The number of imidazole rings is 1. The average molecular weight is 225 g/mol. The molecule has 5 heteroatoms. The van der Waals surface area contributed by atoms with Gasteiger partial charge in [0.25, 0.3) is 0 Å². The van der Waals surface area contributed by atoms with Crippen LogP contribution in [0.25, 0.3) is 0 Å². The van der Waals surface area contributed by atoms with Crippen LogP contribution in [0.2, 0.25) is 0 Å². The van der Waals surface area contributed by atoms with E-state index in [9.17, 15) is 0 Å². The molecule has 0 spiro atoms. The Kier molecular flexibility index (Phi) is 2.52. The fraction of sp³-hybridized carbons (Fsp3) is 0.333. The standard InChI is InChI=1S/C9H11N3S2/c1-6-4-12(9(13)11-6)5-8-10-3-7(2)14-8/h3-4H,5H2,1-2H3,(H,11,13). The van der Waals surface area contributed by atoms with Crippen LogP contribution in [0.3, 0.4) is 0 Å². The molecule has 0 unspecified atom stereocenters. The quantitative estimate of drug-likeness (QED) is 0.797. The first-order valence-electron chi connectivity index (χ1n) is 4.32. The number of aryl methyl sites for hydroxylation is 2. The average Bonchev–Trinajstić information content (AvgIpc) is 2.61. The normalized spacial score (nSPS) is 10.7. The fourth-order valence-corrected chi connectivity index (χ4v) is 2.37. The molecule has 0 fully saturated rings. The second kappa shape index (κ2) is 3.67. The molecule has 74 valence electrons. The summed E-state index contributed by atoms with van der Waals surface area (Å²) >= 11 is 6.87. The molecule has 0 saturated heterocycles. The SMILES string of the molecule is Cc1cn(Cc2ncc(C)s2)c(=S)[nH]1. The van der Waals surface area contributed by atoms with E-state index in [1.807, 2.05) is 23.9 Å². The Morgan fingerprint density at radius 1 is 1.57 bits per heavy atom. The van der Waals surface area contributed by atoms with E-state index in [0.29, 0.717) is 0 Å². The minimum atomic E-state index is 0.760. The number of hydrogen-bond acceptors (Lipinski definition) is 3. The zero-order valence-electron chi connectivity index (χ0n) is 8.07. The molecule has 0 aliphatic rings. The van der Waals surface area contributed by atoms with Gasteiger partial charge in [-0.2, -0.15) is 0 Å². The van der Waals surface area contributed by atoms with Gasteiger partial charge in [-0.25, -0.2) is 4.98 Å². The van der Waals surface area contributed by atoms with Crippen molar-refractivity contribution in [1.29, 1.82) is 0 Å². The lowest BCUT2D eigenvalue weighted by molar-refractivity contribution is 0.777. The molecule has 2 rings (SSSR count). The Hall–Kier alpha value is -0.940. The van der Waals surface area contributed by atoms with Crippen molar-refractivity contribution >= 4 is 23.6 Å². The first-order chi connectivity index (χ1) is 6.65. The third kappa shape index (κ3) is 1.93. The van der Waals surface area contributed by atoms with E-state index in [0.717, 1.165) is 22.0 Å². The molecule has 2 aromatic rings. The van der Waals surface area contributed by atoms with Gasteiger partial charge >= 0.3 is 0 Å². The third-order valence-electron chi connectivity index (χ3n) is 1.89. The van der Waals surface area contributed by atoms with Gasteiger partial charge in [-0.15, -0.1) is 11.3 Å². The van der Waals surface area contributed by atoms with Crippen LogP contribution in [0.15, 0.2) is 12.4 Å². The van der Waals surface area contributed by atoms with E-state index in [1.165, 1.54) is 4.88 Å². The number of nitrogens with one attached hydrogen (secondary N) is 1. The molecule has 0 atom stereocenters. The van der Waals surface area contributed by atoms with Crippen LogP contribution < -0.4 is 0 Å². The van der Waals surface area contributed by atoms with Gasteiger partial charge in [-0.3, -0.25) is 0 Å². The van der Waals surface area contributed by atoms with Crippen LogP contribution in [0.1, 0.15) is 15.6 Å². The molecular formula is C9H11N3S2. The molecule has 3 nitrogen and oxygen atoms in total. The number of thiazole rings is 1. The summed E-state index contributed by atoms with van der Waals surface area (Å²) < 4.78 is 2.76. The number of hydrogen-bond donors (Lipinski definition) is 1. The summed E-state index contributed by atoms with van der Waals surface area (Å²) in [4.78, 5) is 8.62. The Morgan fingerprint density at radius 2 is 2.36 bits per heavy atom. The monoisotopic (exact) mass is 225 g/mol. The van der Waals surface area contributed by atoms with Crippen molar-refractivity contribution in [2.24, 2.45) is 0 Å². The number of H-pyrrole nitrogens is 1. The molecule has 0 radical (unpaired) electrons. The second-order valence-electron chi connectivity index (χ2n) is 3.23. The first-order valence-corrected chi connectivity index (χ1v) is 5.55. The van der Waals surface area contributed by atoms with Crippen molar-refractivity contribution in [3.05, 3.63) is 32.7 Å². The highest BCUT2D eigenvalue weighted by atomic mass is 32.1. The lowest BCUT2D eigenvalue weighted by atomic mass is 10.5. The number of nitrogens with zero attached hydrogens (tertiary/aromatic N) is 2. The van der Waals surface area contributed by atoms with Crippen molar-refractivity contribution in [3.8, 4) is 0 Å². The molecule has 2 heterocycles. The Morgan fingerprint density at radius 3 is 2.86 bits per heavy atom. The summed E-state index contributed by atoms with van der Waals surface area (Å²) in [6.45, 7) is 4.82. The van der Waals surface area contributed by atoms with Crippen molar-refractivity contribution < 1.29 is 0 Å². The lowest BCUT2D eigenvalue weighted by Crippen LogP contribution is -1.96. The van der Waals surface area contributed by atoms with Crippen molar-refractivity contribution in [2.75, 3.05) is 0 Å². The second-order valence-corrected chi connectivity index (χ2v) is 4.94. The van der Waals surface area contributed by atoms with Crippen LogP contribution >= 0.6 is 23.6 Å². The highest BCUT2D eigenvalue weighted by molar-refractivity contribution is 7.71. The number of rotatable bonds is 2. The molecule has 0 amide bonds. The van der Waals surface area contributed by atoms with Crippen molar-refractivity contribution in [1.82, 2.24) is 14.5 Å². The smallest absolute Gasteiger partial charge is 0.177 e. The van der Waals surface area contributed by atoms with Crippen LogP contribution in [-0.4, -0.2) is 14.5 Å². The largest absolute Gasteiger partial charge is 0.335 e. The van der Waals surface area contributed by atoms with Crippen LogP contribution in [0.5, 0.6) is 0 Å². The Labute approximate surface area is 91.4 Å². The van der Waals surface area contributed by atoms with Gasteiger partial charge in [0.15, 0.2) is 4.77 Å². The molecular weight excluding hydrogens is 214 g/mol. The summed E-state index contributed by atoms with van der Waals surface area (Å²) in [5, 5.41) is 1.10. The van der Waals surface area contributed by atoms with E-state index in [-0.39, 0.29) is 0 Å². The molecule has 14 heavy (non-hydrogen) atoms. The minimum Gasteiger partial charge on any atom is -0.335 e. The van der Waals surface area contributed by atoms with E-state index in [4.69, 9.17) is 12.2 Å². The number of aromatic amines is 1. The summed E-state index contributed by atoms with van der Waals surface area (Å²) in [7, 11) is 0. The van der Waals surface area contributed by atoms with Crippen LogP contribution in [0, 0.1) is 18.6 Å². The highest BCUT2D eigenvalue weighted by Gasteiger charge is 2.01. The van der Waals surface area contributed by atoms with Crippen molar-refractivity contribution in [2.45, 2.75) is 20.4 Å². The maximum absolute atomic E-state index is 5.16. The molecule has 0 bridgehead atoms. The summed E-state index contributed by atoms with van der Waals surface area (Å²) in [6, 6.07) is 0. The van der Waals surface area contributed by atoms with Gasteiger partial charge in [0.2, 0.25) is 0 Å². The predicted molar refractivity (Wildman–Crippen MR) is 60.3 cm³/mol. The van der Waals surface area contributed by atoms with Gasteiger partial charge in [0, 0.05) is 23.0 Å². The molecule has 0 aromatic carbocycles. The maximum atomic E-state index is 5.16. The van der Waals surface area contributed by atoms with Crippen LogP contribution in [0.4, 0.5) is 0 Å². The maximum Gasteiger partial charge on any atom is 0.177 e. The lowest BCUT2D eigenvalue weighted by Gasteiger charge is -1.96. The fourth-order valence-electron chi connectivity index (χ4n) is 1.30. The summed E-state index contributed by atoms with van der Waals surface area (Å²) in [5.74, 6) is 0. The predicted octanol–water partition coefficient (Wildman–Crippen LogP) is 2.67. The van der Waals surface area contributed by atoms with E-state index in [2.05, 4.69) is 16.9 Å². The van der Waals surface area contributed by atoms with Crippen LogP contribution in [-0.2, 0) is 6.54 Å². The van der Waals surface area contributed by atoms with E-state index in [1.54, 1.807) is 11.3 Å². The highest BCUT2D eigenvalue weighted by Crippen LogP contribution is 2.13. The van der Waals surface area contributed by atoms with Crippen molar-refractivity contribution in [3.63, 3.8) is 0 Å². The Bertz CT molecular complexity index is 492. The topological polar surface area (TPSA) is 33.6 Å². The Balaban J connectivity index is 2.26. The minimum absolute atomic E-state index is 0.760. The third-order valence-corrected chi connectivity index (χ3v) is 3.12. The summed E-state index contributed by atoms with van der Waals surface area (Å²) in [6.07, 6.45) is 3.90. The first kappa shape index (κ1) is 9.61. The zero-order valence-corrected chi connectivity index (χ0v) is 9.71. The van der Waals surface area contributed by atoms with Gasteiger partial charge < -0.3 is 9.55 Å². The van der Waals surface area contributed by atoms with E-state index >= 15 is 0 Å². The van der Waals surface area contributed by atoms with E-state index < -0.39 is 0 Å². The molecule has 0 aliphatic carbocycles. The zero-order chi connectivity index (χ0) is 10.1. The van der Waals surface area contributed by atoms with Gasteiger partial charge in [0.1, 0.15) is 5.01 Å². The molecule has 1 N–H and O–H groups in total. The molecule has 2 aromatic heterocycles. The van der Waals surface area contributed by atoms with Gasteiger partial charge in [-0.1, -0.05) is 0 Å². The molecule has 0 saturated carbocycles. The summed E-state index contributed by atoms with van der Waals surface area (Å²) in [5.41, 5.74) is 1.09. The number of aromatic nitrogens is 3. The van der Waals surface area contributed by atoms with Gasteiger partial charge in [-0.05, 0) is 26.1 Å².